The zero-order valence-corrected chi connectivity index (χ0v) is 12.2. The zero-order chi connectivity index (χ0) is 15.9. The molecule has 0 aliphatic heterocycles. The molecular formula is C15H19N3O4. The van der Waals surface area contributed by atoms with Crippen molar-refractivity contribution in [3.05, 3.63) is 40.9 Å². The molecule has 2 N–H and O–H groups in total. The van der Waals surface area contributed by atoms with Crippen molar-refractivity contribution >= 4 is 16.8 Å². The van der Waals surface area contributed by atoms with Crippen LogP contribution < -0.4 is 5.56 Å². The summed E-state index contributed by atoms with van der Waals surface area (Å²) in [5.41, 5.74) is 0.437. The Labute approximate surface area is 127 Å². The van der Waals surface area contributed by atoms with Crippen LogP contribution in [0, 0.1) is 0 Å². The van der Waals surface area contributed by atoms with Crippen LogP contribution in [0.2, 0.25) is 0 Å². The van der Waals surface area contributed by atoms with Crippen LogP contribution in [0.15, 0.2) is 35.4 Å². The van der Waals surface area contributed by atoms with E-state index in [4.69, 9.17) is 10.2 Å². The second-order valence-corrected chi connectivity index (χ2v) is 4.84. The maximum atomic E-state index is 12.3. The summed E-state index contributed by atoms with van der Waals surface area (Å²) >= 11 is 0. The first kappa shape index (κ1) is 16.1. The SMILES string of the molecule is O=C(CCn1cnc2ccccc2c1=O)N(CCO)CCO. The van der Waals surface area contributed by atoms with Gasteiger partial charge in [0, 0.05) is 26.1 Å². The van der Waals surface area contributed by atoms with Gasteiger partial charge in [0.2, 0.25) is 5.91 Å². The van der Waals surface area contributed by atoms with E-state index < -0.39 is 0 Å². The van der Waals surface area contributed by atoms with Crippen LogP contribution >= 0.6 is 0 Å². The number of rotatable bonds is 7. The Morgan fingerprint density at radius 2 is 1.86 bits per heavy atom. The third-order valence-corrected chi connectivity index (χ3v) is 3.39. The minimum Gasteiger partial charge on any atom is -0.395 e. The number of aromatic nitrogens is 2. The van der Waals surface area contributed by atoms with Crippen molar-refractivity contribution in [3.63, 3.8) is 0 Å². The van der Waals surface area contributed by atoms with E-state index in [1.807, 2.05) is 6.07 Å². The molecule has 0 radical (unpaired) electrons. The van der Waals surface area contributed by atoms with E-state index in [1.54, 1.807) is 18.2 Å². The van der Waals surface area contributed by atoms with Gasteiger partial charge in [-0.15, -0.1) is 0 Å². The van der Waals surface area contributed by atoms with Gasteiger partial charge in [-0.1, -0.05) is 12.1 Å². The summed E-state index contributed by atoms with van der Waals surface area (Å²) in [6, 6.07) is 7.04. The number of para-hydroxylation sites is 1. The molecule has 2 rings (SSSR count). The fourth-order valence-electron chi connectivity index (χ4n) is 2.24. The highest BCUT2D eigenvalue weighted by atomic mass is 16.3. The Morgan fingerprint density at radius 1 is 1.18 bits per heavy atom. The summed E-state index contributed by atoms with van der Waals surface area (Å²) in [4.78, 5) is 29.9. The number of hydrogen-bond acceptors (Lipinski definition) is 5. The number of carbonyl (C=O) groups is 1. The number of aliphatic hydroxyl groups is 2. The Balaban J connectivity index is 2.09. The van der Waals surface area contributed by atoms with Gasteiger partial charge in [0.1, 0.15) is 0 Å². The van der Waals surface area contributed by atoms with Crippen molar-refractivity contribution in [1.82, 2.24) is 14.5 Å². The van der Waals surface area contributed by atoms with Crippen LogP contribution in [0.3, 0.4) is 0 Å². The van der Waals surface area contributed by atoms with E-state index in [9.17, 15) is 9.59 Å². The van der Waals surface area contributed by atoms with Crippen molar-refractivity contribution in [3.8, 4) is 0 Å². The third-order valence-electron chi connectivity index (χ3n) is 3.39. The van der Waals surface area contributed by atoms with E-state index >= 15 is 0 Å². The summed E-state index contributed by atoms with van der Waals surface area (Å²) in [5.74, 6) is -0.219. The van der Waals surface area contributed by atoms with Gasteiger partial charge in [-0.05, 0) is 12.1 Å². The predicted octanol–water partition coefficient (Wildman–Crippen LogP) is -0.400. The fourth-order valence-corrected chi connectivity index (χ4v) is 2.24. The molecule has 118 valence electrons. The molecule has 0 fully saturated rings. The molecule has 0 spiro atoms. The van der Waals surface area contributed by atoms with Gasteiger partial charge in [-0.2, -0.15) is 0 Å². The summed E-state index contributed by atoms with van der Waals surface area (Å²) in [6.45, 7) is 0.226. The van der Waals surface area contributed by atoms with Gasteiger partial charge in [0.15, 0.2) is 0 Å². The molecule has 1 heterocycles. The Bertz CT molecular complexity index is 692. The second kappa shape index (κ2) is 7.67. The molecule has 0 saturated carbocycles. The Hall–Kier alpha value is -2.25. The van der Waals surface area contributed by atoms with Crippen LogP contribution in [0.1, 0.15) is 6.42 Å². The highest BCUT2D eigenvalue weighted by Gasteiger charge is 2.13. The summed E-state index contributed by atoms with van der Waals surface area (Å²) in [5, 5.41) is 18.4. The number of aryl methyl sites for hydroxylation is 1. The van der Waals surface area contributed by atoms with E-state index in [2.05, 4.69) is 4.98 Å². The first-order chi connectivity index (χ1) is 10.7. The van der Waals surface area contributed by atoms with Crippen molar-refractivity contribution in [2.75, 3.05) is 26.3 Å². The predicted molar refractivity (Wildman–Crippen MR) is 81.4 cm³/mol. The van der Waals surface area contributed by atoms with Crippen LogP contribution in [0.4, 0.5) is 0 Å². The molecule has 7 nitrogen and oxygen atoms in total. The summed E-state index contributed by atoms with van der Waals surface area (Å²) < 4.78 is 1.40. The van der Waals surface area contributed by atoms with E-state index in [-0.39, 0.29) is 50.7 Å². The Morgan fingerprint density at radius 3 is 2.55 bits per heavy atom. The summed E-state index contributed by atoms with van der Waals surface area (Å²) in [6.07, 6.45) is 1.54. The van der Waals surface area contributed by atoms with Gasteiger partial charge in [0.05, 0.1) is 30.4 Å². The maximum absolute atomic E-state index is 12.3. The number of carbonyl (C=O) groups excluding carboxylic acids is 1. The van der Waals surface area contributed by atoms with E-state index in [0.717, 1.165) is 0 Å². The lowest BCUT2D eigenvalue weighted by molar-refractivity contribution is -0.132. The molecule has 0 bridgehead atoms. The van der Waals surface area contributed by atoms with Gasteiger partial charge in [0.25, 0.3) is 5.56 Å². The minimum absolute atomic E-state index is 0.111. The highest BCUT2D eigenvalue weighted by molar-refractivity contribution is 5.77. The Kier molecular flexibility index (Phi) is 5.62. The number of aliphatic hydroxyl groups excluding tert-OH is 2. The topological polar surface area (TPSA) is 95.7 Å². The lowest BCUT2D eigenvalue weighted by atomic mass is 10.2. The largest absolute Gasteiger partial charge is 0.395 e. The highest BCUT2D eigenvalue weighted by Crippen LogP contribution is 2.05. The number of amides is 1. The zero-order valence-electron chi connectivity index (χ0n) is 12.2. The number of nitrogens with zero attached hydrogens (tertiary/aromatic N) is 3. The summed E-state index contributed by atoms with van der Waals surface area (Å²) in [7, 11) is 0. The molecule has 22 heavy (non-hydrogen) atoms. The average Bonchev–Trinajstić information content (AvgIpc) is 2.54. The number of benzene rings is 1. The first-order valence-corrected chi connectivity index (χ1v) is 7.11. The number of hydrogen-bond donors (Lipinski definition) is 2. The monoisotopic (exact) mass is 305 g/mol. The smallest absolute Gasteiger partial charge is 0.261 e. The van der Waals surface area contributed by atoms with Crippen LogP contribution in [-0.2, 0) is 11.3 Å². The lowest BCUT2D eigenvalue weighted by Crippen LogP contribution is -2.36. The maximum Gasteiger partial charge on any atom is 0.261 e. The second-order valence-electron chi connectivity index (χ2n) is 4.84. The molecule has 1 amide bonds. The quantitative estimate of drug-likeness (QED) is 0.726. The third kappa shape index (κ3) is 3.69. The molecule has 0 aliphatic carbocycles. The minimum atomic E-state index is -0.219. The van der Waals surface area contributed by atoms with E-state index in [0.29, 0.717) is 10.9 Å². The van der Waals surface area contributed by atoms with Crippen molar-refractivity contribution < 1.29 is 15.0 Å². The molecule has 1 aromatic heterocycles. The molecular weight excluding hydrogens is 286 g/mol. The van der Waals surface area contributed by atoms with Crippen molar-refractivity contribution in [2.24, 2.45) is 0 Å². The molecule has 2 aromatic rings. The average molecular weight is 305 g/mol. The van der Waals surface area contributed by atoms with Crippen molar-refractivity contribution in [2.45, 2.75) is 13.0 Å². The standard InChI is InChI=1S/C15H19N3O4/c19-9-7-17(8-10-20)14(21)5-6-18-11-16-13-4-2-1-3-12(13)15(18)22/h1-4,11,19-20H,5-10H2. The van der Waals surface area contributed by atoms with Gasteiger partial charge in [-0.3, -0.25) is 14.2 Å². The molecule has 0 unspecified atom stereocenters. The van der Waals surface area contributed by atoms with Gasteiger partial charge in [-0.25, -0.2) is 4.98 Å². The van der Waals surface area contributed by atoms with E-state index in [1.165, 1.54) is 15.8 Å². The molecule has 1 aromatic carbocycles. The van der Waals surface area contributed by atoms with Crippen LogP contribution in [-0.4, -0.2) is 56.9 Å². The lowest BCUT2D eigenvalue weighted by Gasteiger charge is -2.20. The normalized spacial score (nSPS) is 10.8. The van der Waals surface area contributed by atoms with Crippen LogP contribution in [0.5, 0.6) is 0 Å². The first-order valence-electron chi connectivity index (χ1n) is 7.11. The molecule has 0 saturated heterocycles. The van der Waals surface area contributed by atoms with Crippen molar-refractivity contribution in [1.29, 1.82) is 0 Å². The van der Waals surface area contributed by atoms with Gasteiger partial charge < -0.3 is 15.1 Å². The fraction of sp³-hybridized carbons (Fsp3) is 0.400. The molecule has 0 atom stereocenters. The number of fused-ring (bicyclic) bond motifs is 1. The molecule has 0 aliphatic rings. The van der Waals surface area contributed by atoms with Crippen LogP contribution in [0.25, 0.3) is 10.9 Å². The molecule has 7 heteroatoms. The van der Waals surface area contributed by atoms with Gasteiger partial charge >= 0.3 is 0 Å².